The van der Waals surface area contributed by atoms with Crippen LogP contribution < -0.4 is 0 Å². The fraction of sp³-hybridized carbons (Fsp3) is 0.600. The second kappa shape index (κ2) is 4.00. The Balaban J connectivity index is 2.27. The maximum absolute atomic E-state index is 13.6. The molecule has 0 amide bonds. The molecular weight excluding hydrogens is 199 g/mol. The van der Waals surface area contributed by atoms with Crippen molar-refractivity contribution >= 4 is 5.97 Å². The van der Waals surface area contributed by atoms with Crippen LogP contribution in [0.2, 0.25) is 0 Å². The van der Waals surface area contributed by atoms with Crippen LogP contribution in [-0.2, 0) is 0 Å². The molecule has 0 aromatic carbocycles. The van der Waals surface area contributed by atoms with Gasteiger partial charge in [0.25, 0.3) is 0 Å². The molecule has 1 fully saturated rings. The van der Waals surface area contributed by atoms with Gasteiger partial charge in [-0.2, -0.15) is 5.10 Å². The first-order valence-corrected chi connectivity index (χ1v) is 5.11. The van der Waals surface area contributed by atoms with Crippen molar-refractivity contribution in [1.29, 1.82) is 0 Å². The van der Waals surface area contributed by atoms with Crippen molar-refractivity contribution < 1.29 is 14.3 Å². The zero-order valence-corrected chi connectivity index (χ0v) is 8.27. The second-order valence-electron chi connectivity index (χ2n) is 3.83. The minimum absolute atomic E-state index is 0.0737. The molecule has 0 bridgehead atoms. The van der Waals surface area contributed by atoms with Gasteiger partial charge >= 0.3 is 5.97 Å². The molecule has 0 radical (unpaired) electrons. The Morgan fingerprint density at radius 1 is 1.53 bits per heavy atom. The molecule has 15 heavy (non-hydrogen) atoms. The zero-order chi connectivity index (χ0) is 10.8. The largest absolute Gasteiger partial charge is 0.477 e. The van der Waals surface area contributed by atoms with Crippen LogP contribution in [0, 0.1) is 0 Å². The molecule has 0 aliphatic heterocycles. The van der Waals surface area contributed by atoms with Crippen LogP contribution >= 0.6 is 0 Å². The molecule has 1 aromatic heterocycles. The number of carbonyl (C=O) groups is 1. The highest BCUT2D eigenvalue weighted by Crippen LogP contribution is 2.31. The lowest BCUT2D eigenvalue weighted by Gasteiger charge is -2.26. The van der Waals surface area contributed by atoms with E-state index in [0.29, 0.717) is 12.8 Å². The molecule has 2 atom stereocenters. The fourth-order valence-electron chi connectivity index (χ4n) is 2.09. The summed E-state index contributed by atoms with van der Waals surface area (Å²) in [4.78, 5) is 10.8. The first-order chi connectivity index (χ1) is 7.20. The summed E-state index contributed by atoms with van der Waals surface area (Å²) in [6.07, 6.45) is 3.42. The fourth-order valence-corrected chi connectivity index (χ4v) is 2.09. The third-order valence-corrected chi connectivity index (χ3v) is 2.85. The van der Waals surface area contributed by atoms with Crippen molar-refractivity contribution in [3.8, 4) is 0 Å². The SMILES string of the molecule is O=C(O)c1ccnn1C1CCCCC1F. The number of carboxylic acid groups (broad SMARTS) is 1. The number of carboxylic acids is 1. The Kier molecular flexibility index (Phi) is 2.70. The van der Waals surface area contributed by atoms with E-state index in [2.05, 4.69) is 5.10 Å². The van der Waals surface area contributed by atoms with Gasteiger partial charge in [-0.05, 0) is 18.9 Å². The van der Waals surface area contributed by atoms with Crippen molar-refractivity contribution in [1.82, 2.24) is 9.78 Å². The lowest BCUT2D eigenvalue weighted by molar-refractivity contribution is 0.0668. The van der Waals surface area contributed by atoms with Crippen molar-refractivity contribution in [2.24, 2.45) is 0 Å². The van der Waals surface area contributed by atoms with E-state index in [1.54, 1.807) is 0 Å². The summed E-state index contributed by atoms with van der Waals surface area (Å²) in [5, 5.41) is 12.8. The topological polar surface area (TPSA) is 55.1 Å². The van der Waals surface area contributed by atoms with Crippen molar-refractivity contribution in [3.05, 3.63) is 18.0 Å². The highest BCUT2D eigenvalue weighted by molar-refractivity contribution is 5.85. The average Bonchev–Trinajstić information content (AvgIpc) is 2.67. The van der Waals surface area contributed by atoms with Gasteiger partial charge in [0.05, 0.1) is 6.04 Å². The molecule has 82 valence electrons. The first-order valence-electron chi connectivity index (χ1n) is 5.11. The number of aromatic carboxylic acids is 1. The van der Waals surface area contributed by atoms with Crippen LogP contribution in [0.4, 0.5) is 4.39 Å². The number of nitrogens with zero attached hydrogens (tertiary/aromatic N) is 2. The Hall–Kier alpha value is -1.39. The molecule has 0 saturated heterocycles. The van der Waals surface area contributed by atoms with Crippen LogP contribution in [-0.4, -0.2) is 27.0 Å². The van der Waals surface area contributed by atoms with E-state index < -0.39 is 18.2 Å². The standard InChI is InChI=1S/C10H13FN2O2/c11-7-3-1-2-4-8(7)13-9(10(14)15)5-6-12-13/h5-8H,1-4H2,(H,14,15). The number of rotatable bonds is 2. The molecule has 5 heteroatoms. The summed E-state index contributed by atoms with van der Waals surface area (Å²) in [6.45, 7) is 0. The van der Waals surface area contributed by atoms with Gasteiger partial charge in [0, 0.05) is 6.20 Å². The van der Waals surface area contributed by atoms with E-state index in [1.807, 2.05) is 0 Å². The van der Waals surface area contributed by atoms with E-state index in [4.69, 9.17) is 5.11 Å². The molecule has 0 spiro atoms. The number of alkyl halides is 1. The van der Waals surface area contributed by atoms with E-state index in [1.165, 1.54) is 16.9 Å². The van der Waals surface area contributed by atoms with Crippen LogP contribution in [0.25, 0.3) is 0 Å². The van der Waals surface area contributed by atoms with Crippen LogP contribution in [0.1, 0.15) is 42.2 Å². The van der Waals surface area contributed by atoms with Crippen molar-refractivity contribution in [2.45, 2.75) is 37.9 Å². The van der Waals surface area contributed by atoms with Crippen LogP contribution in [0.15, 0.2) is 12.3 Å². The quantitative estimate of drug-likeness (QED) is 0.816. The number of halogens is 1. The Bertz CT molecular complexity index is 364. The normalized spacial score (nSPS) is 26.5. The van der Waals surface area contributed by atoms with Gasteiger partial charge in [-0.15, -0.1) is 0 Å². The van der Waals surface area contributed by atoms with Gasteiger partial charge in [-0.1, -0.05) is 12.8 Å². The van der Waals surface area contributed by atoms with Gasteiger partial charge < -0.3 is 5.11 Å². The van der Waals surface area contributed by atoms with E-state index in [-0.39, 0.29) is 5.69 Å². The molecule has 1 aliphatic carbocycles. The van der Waals surface area contributed by atoms with Gasteiger partial charge in [0.15, 0.2) is 0 Å². The lowest BCUT2D eigenvalue weighted by Crippen LogP contribution is -2.27. The van der Waals surface area contributed by atoms with Crippen LogP contribution in [0.3, 0.4) is 0 Å². The Labute approximate surface area is 86.7 Å². The predicted molar refractivity (Wildman–Crippen MR) is 51.6 cm³/mol. The smallest absolute Gasteiger partial charge is 0.354 e. The Morgan fingerprint density at radius 3 is 2.93 bits per heavy atom. The lowest BCUT2D eigenvalue weighted by atomic mass is 9.93. The van der Waals surface area contributed by atoms with Gasteiger partial charge in [0.1, 0.15) is 11.9 Å². The molecular formula is C10H13FN2O2. The second-order valence-corrected chi connectivity index (χ2v) is 3.83. The number of aromatic nitrogens is 2. The molecule has 1 saturated carbocycles. The van der Waals surface area contributed by atoms with Crippen molar-refractivity contribution in [2.75, 3.05) is 0 Å². The molecule has 1 aromatic rings. The average molecular weight is 212 g/mol. The molecule has 2 unspecified atom stereocenters. The van der Waals surface area contributed by atoms with Crippen molar-refractivity contribution in [3.63, 3.8) is 0 Å². The maximum atomic E-state index is 13.6. The summed E-state index contributed by atoms with van der Waals surface area (Å²) >= 11 is 0. The van der Waals surface area contributed by atoms with E-state index in [9.17, 15) is 9.18 Å². The van der Waals surface area contributed by atoms with Gasteiger partial charge in [-0.3, -0.25) is 4.68 Å². The highest BCUT2D eigenvalue weighted by Gasteiger charge is 2.29. The summed E-state index contributed by atoms with van der Waals surface area (Å²) in [5.74, 6) is -1.05. The third-order valence-electron chi connectivity index (χ3n) is 2.85. The minimum Gasteiger partial charge on any atom is -0.477 e. The van der Waals surface area contributed by atoms with Gasteiger partial charge in [-0.25, -0.2) is 9.18 Å². The molecule has 4 nitrogen and oxygen atoms in total. The van der Waals surface area contributed by atoms with E-state index in [0.717, 1.165) is 12.8 Å². The first kappa shape index (κ1) is 10.1. The Morgan fingerprint density at radius 2 is 2.27 bits per heavy atom. The molecule has 1 aliphatic rings. The van der Waals surface area contributed by atoms with Gasteiger partial charge in [0.2, 0.25) is 0 Å². The number of hydrogen-bond acceptors (Lipinski definition) is 2. The van der Waals surface area contributed by atoms with Crippen LogP contribution in [0.5, 0.6) is 0 Å². The molecule has 2 rings (SSSR count). The van der Waals surface area contributed by atoms with E-state index >= 15 is 0 Å². The zero-order valence-electron chi connectivity index (χ0n) is 8.27. The molecule has 1 N–H and O–H groups in total. The minimum atomic E-state index is -1.05. The summed E-state index contributed by atoms with van der Waals surface area (Å²) < 4.78 is 14.9. The highest BCUT2D eigenvalue weighted by atomic mass is 19.1. The predicted octanol–water partition coefficient (Wildman–Crippen LogP) is 2.03. The third kappa shape index (κ3) is 1.86. The monoisotopic (exact) mass is 212 g/mol. The number of hydrogen-bond donors (Lipinski definition) is 1. The summed E-state index contributed by atoms with van der Waals surface area (Å²) in [6, 6.07) is 1.00. The summed E-state index contributed by atoms with van der Waals surface area (Å²) in [5.41, 5.74) is 0.0737. The maximum Gasteiger partial charge on any atom is 0.354 e. The molecule has 1 heterocycles. The summed E-state index contributed by atoms with van der Waals surface area (Å²) in [7, 11) is 0.